The summed E-state index contributed by atoms with van der Waals surface area (Å²) in [5.74, 6) is -0.252. The highest BCUT2D eigenvalue weighted by Crippen LogP contribution is 2.41. The molecule has 2 aromatic carbocycles. The van der Waals surface area contributed by atoms with Gasteiger partial charge < -0.3 is 4.74 Å². The summed E-state index contributed by atoms with van der Waals surface area (Å²) >= 11 is 14.9. The first kappa shape index (κ1) is 16.5. The summed E-state index contributed by atoms with van der Waals surface area (Å²) in [6.07, 6.45) is -4.53. The van der Waals surface area contributed by atoms with Crippen molar-refractivity contribution in [2.75, 3.05) is 0 Å². The average molecular weight is 400 g/mol. The van der Waals surface area contributed by atoms with Crippen LogP contribution < -0.4 is 4.74 Å². The molecule has 0 aliphatic heterocycles. The maximum atomic E-state index is 13.1. The molecule has 0 saturated carbocycles. The van der Waals surface area contributed by atoms with E-state index < -0.39 is 11.7 Å². The molecule has 0 unspecified atom stereocenters. The van der Waals surface area contributed by atoms with Crippen molar-refractivity contribution in [1.29, 1.82) is 0 Å². The Morgan fingerprint density at radius 3 is 2.38 bits per heavy atom. The molecule has 0 spiro atoms. The van der Waals surface area contributed by atoms with Crippen molar-refractivity contribution in [3.8, 4) is 11.5 Å². The lowest BCUT2D eigenvalue weighted by Gasteiger charge is -2.15. The predicted molar refractivity (Wildman–Crippen MR) is 80.6 cm³/mol. The second-order valence-electron chi connectivity index (χ2n) is 4.12. The van der Waals surface area contributed by atoms with E-state index in [0.29, 0.717) is 10.9 Å². The highest BCUT2D eigenvalue weighted by Gasteiger charge is 2.35. The van der Waals surface area contributed by atoms with Gasteiger partial charge in [0, 0.05) is 5.33 Å². The molecule has 0 radical (unpaired) electrons. The standard InChI is InChI=1S/C14H8BrCl2F3O/c15-7-8-4-5-11(9(6-8)14(18,19)20)21-12-3-1-2-10(16)13(12)17/h1-6H,7H2. The van der Waals surface area contributed by atoms with Crippen LogP contribution in [0, 0.1) is 0 Å². The van der Waals surface area contributed by atoms with Gasteiger partial charge >= 0.3 is 6.18 Å². The predicted octanol–water partition coefficient (Wildman–Crippen LogP) is 6.70. The van der Waals surface area contributed by atoms with Crippen LogP contribution in [0.1, 0.15) is 11.1 Å². The van der Waals surface area contributed by atoms with Crippen molar-refractivity contribution in [2.45, 2.75) is 11.5 Å². The third-order valence-corrected chi connectivity index (χ3v) is 4.09. The van der Waals surface area contributed by atoms with Crippen molar-refractivity contribution in [1.82, 2.24) is 0 Å². The Kier molecular flexibility index (Phi) is 5.07. The fourth-order valence-corrected chi connectivity index (χ4v) is 2.33. The number of hydrogen-bond donors (Lipinski definition) is 0. The van der Waals surface area contributed by atoms with Crippen LogP contribution >= 0.6 is 39.1 Å². The molecule has 0 heterocycles. The minimum atomic E-state index is -4.53. The van der Waals surface area contributed by atoms with Crippen molar-refractivity contribution in [3.05, 3.63) is 57.6 Å². The number of halogens is 6. The maximum absolute atomic E-state index is 13.1. The van der Waals surface area contributed by atoms with Crippen molar-refractivity contribution < 1.29 is 17.9 Å². The largest absolute Gasteiger partial charge is 0.455 e. The van der Waals surface area contributed by atoms with Crippen LogP contribution in [0.4, 0.5) is 13.2 Å². The molecule has 1 nitrogen and oxygen atoms in total. The molecule has 0 bridgehead atoms. The molecule has 0 atom stereocenters. The van der Waals surface area contributed by atoms with Gasteiger partial charge in [-0.15, -0.1) is 0 Å². The minimum absolute atomic E-state index is 0.0665. The van der Waals surface area contributed by atoms with Gasteiger partial charge in [-0.1, -0.05) is 51.3 Å². The van der Waals surface area contributed by atoms with E-state index in [-0.39, 0.29) is 21.5 Å². The second kappa shape index (κ2) is 6.46. The van der Waals surface area contributed by atoms with Crippen molar-refractivity contribution in [2.24, 2.45) is 0 Å². The Labute approximate surface area is 137 Å². The number of rotatable bonds is 3. The van der Waals surface area contributed by atoms with E-state index in [4.69, 9.17) is 27.9 Å². The molecule has 0 fully saturated rings. The number of alkyl halides is 4. The topological polar surface area (TPSA) is 9.23 Å². The molecule has 112 valence electrons. The molecular weight excluding hydrogens is 392 g/mol. The molecule has 0 amide bonds. The van der Waals surface area contributed by atoms with E-state index in [1.54, 1.807) is 6.07 Å². The number of benzene rings is 2. The molecule has 0 N–H and O–H groups in total. The van der Waals surface area contributed by atoms with Gasteiger partial charge in [0.25, 0.3) is 0 Å². The van der Waals surface area contributed by atoms with Gasteiger partial charge in [0.1, 0.15) is 16.5 Å². The fraction of sp³-hybridized carbons (Fsp3) is 0.143. The van der Waals surface area contributed by atoms with Gasteiger partial charge in [0.2, 0.25) is 0 Å². The SMILES string of the molecule is FC(F)(F)c1cc(CBr)ccc1Oc1cccc(Cl)c1Cl. The lowest BCUT2D eigenvalue weighted by Crippen LogP contribution is -2.08. The Hall–Kier alpha value is -0.910. The summed E-state index contributed by atoms with van der Waals surface area (Å²) in [7, 11) is 0. The van der Waals surface area contributed by atoms with Crippen LogP contribution in [0.15, 0.2) is 36.4 Å². The molecule has 0 aromatic heterocycles. The highest BCUT2D eigenvalue weighted by atomic mass is 79.9. The maximum Gasteiger partial charge on any atom is 0.419 e. The van der Waals surface area contributed by atoms with Crippen LogP contribution in [-0.4, -0.2) is 0 Å². The zero-order valence-electron chi connectivity index (χ0n) is 10.3. The third-order valence-electron chi connectivity index (χ3n) is 2.64. The van der Waals surface area contributed by atoms with E-state index in [2.05, 4.69) is 15.9 Å². The van der Waals surface area contributed by atoms with Gasteiger partial charge in [-0.25, -0.2) is 0 Å². The molecule has 21 heavy (non-hydrogen) atoms. The van der Waals surface area contributed by atoms with E-state index in [1.165, 1.54) is 24.3 Å². The monoisotopic (exact) mass is 398 g/mol. The molecule has 0 aliphatic rings. The Morgan fingerprint density at radius 2 is 1.76 bits per heavy atom. The van der Waals surface area contributed by atoms with Gasteiger partial charge in [-0.2, -0.15) is 13.2 Å². The summed E-state index contributed by atoms with van der Waals surface area (Å²) in [5, 5.41) is 0.588. The summed E-state index contributed by atoms with van der Waals surface area (Å²) in [4.78, 5) is 0. The fourth-order valence-electron chi connectivity index (χ4n) is 1.65. The van der Waals surface area contributed by atoms with Crippen LogP contribution in [0.5, 0.6) is 11.5 Å². The first-order valence-electron chi connectivity index (χ1n) is 5.71. The van der Waals surface area contributed by atoms with Crippen LogP contribution in [0.2, 0.25) is 10.0 Å². The van der Waals surface area contributed by atoms with E-state index in [9.17, 15) is 13.2 Å². The third kappa shape index (κ3) is 3.84. The normalized spacial score (nSPS) is 11.5. The lowest BCUT2D eigenvalue weighted by atomic mass is 10.1. The molecule has 0 saturated heterocycles. The van der Waals surface area contributed by atoms with E-state index >= 15 is 0 Å². The summed E-state index contributed by atoms with van der Waals surface area (Å²) in [6.45, 7) is 0. The zero-order valence-corrected chi connectivity index (χ0v) is 13.4. The van der Waals surface area contributed by atoms with Crippen LogP contribution in [0.3, 0.4) is 0 Å². The number of ether oxygens (including phenoxy) is 1. The summed E-state index contributed by atoms with van der Waals surface area (Å²) in [6, 6.07) is 8.35. The smallest absolute Gasteiger partial charge is 0.419 e. The summed E-state index contributed by atoms with van der Waals surface area (Å²) < 4.78 is 44.6. The van der Waals surface area contributed by atoms with E-state index in [0.717, 1.165) is 6.07 Å². The Balaban J connectivity index is 2.46. The molecule has 2 rings (SSSR count). The minimum Gasteiger partial charge on any atom is -0.455 e. The first-order chi connectivity index (χ1) is 9.82. The molecule has 7 heteroatoms. The highest BCUT2D eigenvalue weighted by molar-refractivity contribution is 9.08. The van der Waals surface area contributed by atoms with Crippen LogP contribution in [0.25, 0.3) is 0 Å². The molecular formula is C14H8BrCl2F3O. The van der Waals surface area contributed by atoms with Crippen molar-refractivity contribution in [3.63, 3.8) is 0 Å². The zero-order chi connectivity index (χ0) is 15.6. The van der Waals surface area contributed by atoms with Crippen LogP contribution in [-0.2, 0) is 11.5 Å². The van der Waals surface area contributed by atoms with Gasteiger partial charge in [0.05, 0.1) is 10.6 Å². The lowest BCUT2D eigenvalue weighted by molar-refractivity contribution is -0.138. The van der Waals surface area contributed by atoms with E-state index in [1.807, 2.05) is 0 Å². The molecule has 2 aromatic rings. The van der Waals surface area contributed by atoms with Gasteiger partial charge in [-0.3, -0.25) is 0 Å². The first-order valence-corrected chi connectivity index (χ1v) is 7.58. The quantitative estimate of drug-likeness (QED) is 0.521. The molecule has 0 aliphatic carbocycles. The second-order valence-corrected chi connectivity index (χ2v) is 5.46. The van der Waals surface area contributed by atoms with Crippen molar-refractivity contribution >= 4 is 39.1 Å². The Morgan fingerprint density at radius 1 is 1.05 bits per heavy atom. The number of hydrogen-bond acceptors (Lipinski definition) is 1. The average Bonchev–Trinajstić information content (AvgIpc) is 2.43. The van der Waals surface area contributed by atoms with Gasteiger partial charge in [-0.05, 0) is 29.8 Å². The Bertz CT molecular complexity index is 659. The van der Waals surface area contributed by atoms with Gasteiger partial charge in [0.15, 0.2) is 0 Å². The summed E-state index contributed by atoms with van der Waals surface area (Å²) in [5.41, 5.74) is -0.373.